The van der Waals surface area contributed by atoms with E-state index in [0.29, 0.717) is 0 Å². The molecular weight excluding hydrogens is 250 g/mol. The molecule has 20 heavy (non-hydrogen) atoms. The predicted octanol–water partition coefficient (Wildman–Crippen LogP) is 4.33. The van der Waals surface area contributed by atoms with Crippen molar-refractivity contribution in [1.82, 2.24) is 5.32 Å². The summed E-state index contributed by atoms with van der Waals surface area (Å²) >= 11 is 0. The van der Waals surface area contributed by atoms with Gasteiger partial charge in [0.05, 0.1) is 6.54 Å². The summed E-state index contributed by atoms with van der Waals surface area (Å²) in [6.07, 6.45) is 0. The number of furan rings is 1. The van der Waals surface area contributed by atoms with Crippen LogP contribution in [-0.4, -0.2) is 6.54 Å². The summed E-state index contributed by atoms with van der Waals surface area (Å²) in [6.45, 7) is 3.76. The van der Waals surface area contributed by atoms with Gasteiger partial charge in [0.2, 0.25) is 0 Å². The van der Waals surface area contributed by atoms with Crippen molar-refractivity contribution in [2.75, 3.05) is 6.54 Å². The highest BCUT2D eigenvalue weighted by Gasteiger charge is 2.05. The van der Waals surface area contributed by atoms with Gasteiger partial charge < -0.3 is 14.5 Å². The van der Waals surface area contributed by atoms with Crippen molar-refractivity contribution in [2.24, 2.45) is 0 Å². The minimum atomic E-state index is 0.750. The summed E-state index contributed by atoms with van der Waals surface area (Å²) in [5.74, 6) is 2.60. The lowest BCUT2D eigenvalue weighted by atomic mass is 10.2. The molecular formula is C17H17NO2. The molecule has 0 aliphatic rings. The zero-order valence-corrected chi connectivity index (χ0v) is 11.4. The molecule has 1 heterocycles. The topological polar surface area (TPSA) is 34.4 Å². The molecule has 0 saturated carbocycles. The predicted molar refractivity (Wildman–Crippen MR) is 80.1 cm³/mol. The lowest BCUT2D eigenvalue weighted by molar-refractivity contribution is 0.482. The number of fused-ring (bicyclic) bond motifs is 1. The van der Waals surface area contributed by atoms with Gasteiger partial charge in [-0.25, -0.2) is 0 Å². The van der Waals surface area contributed by atoms with Crippen molar-refractivity contribution in [3.63, 3.8) is 0 Å². The summed E-state index contributed by atoms with van der Waals surface area (Å²) in [6, 6.07) is 17.7. The van der Waals surface area contributed by atoms with E-state index in [-0.39, 0.29) is 0 Å². The maximum atomic E-state index is 5.82. The Morgan fingerprint density at radius 3 is 2.65 bits per heavy atom. The number of ether oxygens (including phenoxy) is 1. The van der Waals surface area contributed by atoms with Gasteiger partial charge in [-0.15, -0.1) is 0 Å². The van der Waals surface area contributed by atoms with Gasteiger partial charge in [-0.05, 0) is 42.9 Å². The quantitative estimate of drug-likeness (QED) is 0.747. The Morgan fingerprint density at radius 2 is 1.85 bits per heavy atom. The summed E-state index contributed by atoms with van der Waals surface area (Å²) in [5.41, 5.74) is 0.887. The van der Waals surface area contributed by atoms with E-state index in [1.165, 1.54) is 0 Å². The maximum absolute atomic E-state index is 5.82. The Morgan fingerprint density at radius 1 is 1.00 bits per heavy atom. The van der Waals surface area contributed by atoms with E-state index in [9.17, 15) is 0 Å². The molecule has 3 nitrogen and oxygen atoms in total. The summed E-state index contributed by atoms with van der Waals surface area (Å²) in [5, 5.41) is 4.32. The number of hydrogen-bond acceptors (Lipinski definition) is 3. The molecule has 0 unspecified atom stereocenters. The molecule has 1 N–H and O–H groups in total. The average Bonchev–Trinajstić information content (AvgIpc) is 2.88. The van der Waals surface area contributed by atoms with E-state index < -0.39 is 0 Å². The smallest absolute Gasteiger partial charge is 0.134 e. The normalized spacial score (nSPS) is 10.8. The van der Waals surface area contributed by atoms with Crippen LogP contribution in [-0.2, 0) is 6.54 Å². The molecule has 0 atom stereocenters. The van der Waals surface area contributed by atoms with Gasteiger partial charge >= 0.3 is 0 Å². The van der Waals surface area contributed by atoms with Crippen LogP contribution in [0, 0.1) is 0 Å². The van der Waals surface area contributed by atoms with Gasteiger partial charge in [-0.1, -0.05) is 25.1 Å². The largest absolute Gasteiger partial charge is 0.460 e. The minimum Gasteiger partial charge on any atom is -0.460 e. The third kappa shape index (κ3) is 2.83. The average molecular weight is 267 g/mol. The lowest BCUT2D eigenvalue weighted by Crippen LogP contribution is -2.10. The molecule has 3 rings (SSSR count). The minimum absolute atomic E-state index is 0.750. The monoisotopic (exact) mass is 267 g/mol. The number of benzene rings is 2. The van der Waals surface area contributed by atoms with Gasteiger partial charge in [0.1, 0.15) is 22.8 Å². The van der Waals surface area contributed by atoms with Crippen LogP contribution in [0.5, 0.6) is 11.5 Å². The molecule has 3 heteroatoms. The Kier molecular flexibility index (Phi) is 3.70. The molecule has 0 amide bonds. The SMILES string of the molecule is CCNCc1cc2cc(Oc3ccccc3)ccc2o1. The molecule has 1 aromatic heterocycles. The highest BCUT2D eigenvalue weighted by atomic mass is 16.5. The first-order valence-corrected chi connectivity index (χ1v) is 6.81. The number of hydrogen-bond donors (Lipinski definition) is 1. The first kappa shape index (κ1) is 12.8. The van der Waals surface area contributed by atoms with Crippen molar-refractivity contribution in [3.8, 4) is 11.5 Å². The van der Waals surface area contributed by atoms with Crippen molar-refractivity contribution < 1.29 is 9.15 Å². The van der Waals surface area contributed by atoms with Gasteiger partial charge in [0, 0.05) is 5.39 Å². The molecule has 3 aromatic rings. The summed E-state index contributed by atoms with van der Waals surface area (Å²) in [4.78, 5) is 0. The van der Waals surface area contributed by atoms with Crippen LogP contribution < -0.4 is 10.1 Å². The van der Waals surface area contributed by atoms with Crippen molar-refractivity contribution in [1.29, 1.82) is 0 Å². The van der Waals surface area contributed by atoms with Crippen molar-refractivity contribution >= 4 is 11.0 Å². The van der Waals surface area contributed by atoms with Crippen LogP contribution in [0.2, 0.25) is 0 Å². The molecule has 2 aromatic carbocycles. The van der Waals surface area contributed by atoms with Crippen LogP contribution in [0.4, 0.5) is 0 Å². The Hall–Kier alpha value is -2.26. The first-order valence-electron chi connectivity index (χ1n) is 6.81. The highest BCUT2D eigenvalue weighted by molar-refractivity contribution is 5.79. The van der Waals surface area contributed by atoms with E-state index in [0.717, 1.165) is 41.3 Å². The van der Waals surface area contributed by atoms with E-state index in [2.05, 4.69) is 18.3 Å². The fourth-order valence-electron chi connectivity index (χ4n) is 2.10. The second-order valence-electron chi connectivity index (χ2n) is 4.61. The third-order valence-electron chi connectivity index (χ3n) is 3.07. The van der Waals surface area contributed by atoms with Crippen molar-refractivity contribution in [3.05, 3.63) is 60.4 Å². The molecule has 0 fully saturated rings. The standard InChI is InChI=1S/C17H17NO2/c1-2-18-12-16-11-13-10-15(8-9-17(13)20-16)19-14-6-4-3-5-7-14/h3-11,18H,2,12H2,1H3. The summed E-state index contributed by atoms with van der Waals surface area (Å²) < 4.78 is 11.6. The second-order valence-corrected chi connectivity index (χ2v) is 4.61. The Labute approximate surface area is 118 Å². The molecule has 0 spiro atoms. The summed E-state index contributed by atoms with van der Waals surface area (Å²) in [7, 11) is 0. The lowest BCUT2D eigenvalue weighted by Gasteiger charge is -2.04. The molecule has 0 radical (unpaired) electrons. The highest BCUT2D eigenvalue weighted by Crippen LogP contribution is 2.27. The zero-order chi connectivity index (χ0) is 13.8. The van der Waals surface area contributed by atoms with Gasteiger partial charge in [0.15, 0.2) is 0 Å². The maximum Gasteiger partial charge on any atom is 0.134 e. The fourth-order valence-corrected chi connectivity index (χ4v) is 2.10. The van der Waals surface area contributed by atoms with Gasteiger partial charge in [0.25, 0.3) is 0 Å². The molecule has 102 valence electrons. The van der Waals surface area contributed by atoms with Crippen LogP contribution in [0.1, 0.15) is 12.7 Å². The van der Waals surface area contributed by atoms with Gasteiger partial charge in [-0.2, -0.15) is 0 Å². The second kappa shape index (κ2) is 5.80. The van der Waals surface area contributed by atoms with Gasteiger partial charge in [-0.3, -0.25) is 0 Å². The number of nitrogens with one attached hydrogen (secondary N) is 1. The van der Waals surface area contributed by atoms with Crippen LogP contribution >= 0.6 is 0 Å². The number of rotatable bonds is 5. The van der Waals surface area contributed by atoms with E-state index in [4.69, 9.17) is 9.15 Å². The number of para-hydroxylation sites is 1. The molecule has 0 saturated heterocycles. The molecule has 0 aliphatic carbocycles. The first-order chi connectivity index (χ1) is 9.85. The van der Waals surface area contributed by atoms with Crippen LogP contribution in [0.3, 0.4) is 0 Å². The Bertz CT molecular complexity index is 689. The van der Waals surface area contributed by atoms with E-state index in [1.807, 2.05) is 48.5 Å². The Balaban J connectivity index is 1.83. The van der Waals surface area contributed by atoms with Crippen LogP contribution in [0.25, 0.3) is 11.0 Å². The third-order valence-corrected chi connectivity index (χ3v) is 3.07. The van der Waals surface area contributed by atoms with E-state index in [1.54, 1.807) is 0 Å². The fraction of sp³-hybridized carbons (Fsp3) is 0.176. The zero-order valence-electron chi connectivity index (χ0n) is 11.4. The van der Waals surface area contributed by atoms with E-state index >= 15 is 0 Å². The van der Waals surface area contributed by atoms with Crippen molar-refractivity contribution in [2.45, 2.75) is 13.5 Å². The molecule has 0 aliphatic heterocycles. The van der Waals surface area contributed by atoms with Crippen LogP contribution in [0.15, 0.2) is 59.0 Å². The molecule has 0 bridgehead atoms.